The first-order valence-corrected chi connectivity index (χ1v) is 17.8. The highest BCUT2D eigenvalue weighted by Gasteiger charge is 2.22. The van der Waals surface area contributed by atoms with Gasteiger partial charge in [-0.25, -0.2) is 23.4 Å². The fraction of sp³-hybridized carbons (Fsp3) is 0.333. The SMILES string of the molecule is Cc1c(C(=O)NCC=Cc2cc(OC3CCNCC3)c3nc(Nc4ccc(N5CCOCC5)cc4)ncc3c2)c(=O)n(Cc2ccc(F)c(F)c2)n1C. The lowest BCUT2D eigenvalue weighted by atomic mass is 10.1. The molecule has 2 saturated heterocycles. The van der Waals surface area contributed by atoms with Gasteiger partial charge in [0.25, 0.3) is 11.5 Å². The second kappa shape index (κ2) is 16.0. The summed E-state index contributed by atoms with van der Waals surface area (Å²) in [4.78, 5) is 38.2. The second-order valence-electron chi connectivity index (χ2n) is 13.2. The summed E-state index contributed by atoms with van der Waals surface area (Å²) < 4.78 is 42.1. The molecule has 3 aromatic carbocycles. The first kappa shape index (κ1) is 35.8. The number of halogens is 2. The Morgan fingerprint density at radius 1 is 1.06 bits per heavy atom. The summed E-state index contributed by atoms with van der Waals surface area (Å²) in [6.45, 7) is 6.74. The molecule has 2 aliphatic heterocycles. The first-order chi connectivity index (χ1) is 25.7. The highest BCUT2D eigenvalue weighted by molar-refractivity contribution is 5.95. The molecule has 1 amide bonds. The fourth-order valence-electron chi connectivity index (χ4n) is 6.63. The van der Waals surface area contributed by atoms with Gasteiger partial charge in [-0.05, 0) is 92.5 Å². The zero-order valence-electron chi connectivity index (χ0n) is 29.7. The van der Waals surface area contributed by atoms with Crippen LogP contribution in [-0.2, 0) is 18.3 Å². The molecule has 0 aliphatic carbocycles. The number of piperidine rings is 1. The van der Waals surface area contributed by atoms with Crippen LogP contribution in [0.1, 0.15) is 40.0 Å². The van der Waals surface area contributed by atoms with Crippen LogP contribution < -0.4 is 31.1 Å². The number of ether oxygens (including phenoxy) is 2. The fourth-order valence-corrected chi connectivity index (χ4v) is 6.63. The molecule has 0 spiro atoms. The lowest BCUT2D eigenvalue weighted by Gasteiger charge is -2.28. The molecule has 5 aromatic rings. The molecule has 2 fully saturated rings. The Bertz CT molecular complexity index is 2190. The highest BCUT2D eigenvalue weighted by Crippen LogP contribution is 2.30. The molecule has 7 rings (SSSR count). The topological polar surface area (TPSA) is 128 Å². The molecule has 0 radical (unpaired) electrons. The van der Waals surface area contributed by atoms with Gasteiger partial charge in [0.15, 0.2) is 11.6 Å². The molecule has 12 nitrogen and oxygen atoms in total. The van der Waals surface area contributed by atoms with E-state index in [1.807, 2.05) is 30.3 Å². The van der Waals surface area contributed by atoms with Crippen molar-refractivity contribution in [3.63, 3.8) is 0 Å². The summed E-state index contributed by atoms with van der Waals surface area (Å²) in [5.41, 5.74) is 3.85. The number of fused-ring (bicyclic) bond motifs is 1. The quantitative estimate of drug-likeness (QED) is 0.174. The summed E-state index contributed by atoms with van der Waals surface area (Å²) in [6.07, 6.45) is 7.22. The standard InChI is InChI=1S/C39H42F2N8O4/c1-25-35(38(51)49(47(25)2)24-27-5-10-32(40)33(41)21-27)37(50)43-13-3-4-26-20-28-23-44-39(46-36(28)34(22-26)53-31-11-14-42-15-12-31)45-29-6-8-30(9-7-29)48-16-18-52-19-17-48/h3-10,20-23,31,42H,11-19,24H2,1-2H3,(H,43,50)(H,44,45,46). The number of rotatable bonds is 11. The predicted octanol–water partition coefficient (Wildman–Crippen LogP) is 4.92. The van der Waals surface area contributed by atoms with Crippen LogP contribution in [0.3, 0.4) is 0 Å². The van der Waals surface area contributed by atoms with Gasteiger partial charge in [-0.1, -0.05) is 18.2 Å². The molecule has 276 valence electrons. The van der Waals surface area contributed by atoms with Crippen molar-refractivity contribution in [1.29, 1.82) is 0 Å². The van der Waals surface area contributed by atoms with Crippen molar-refractivity contribution in [2.45, 2.75) is 32.4 Å². The molecule has 2 aromatic heterocycles. The number of morpholine rings is 1. The van der Waals surface area contributed by atoms with Gasteiger partial charge in [-0.15, -0.1) is 0 Å². The third-order valence-corrected chi connectivity index (χ3v) is 9.64. The van der Waals surface area contributed by atoms with E-state index in [1.54, 1.807) is 30.9 Å². The number of anilines is 3. The largest absolute Gasteiger partial charge is 0.488 e. The molecule has 0 atom stereocenters. The van der Waals surface area contributed by atoms with E-state index in [2.05, 4.69) is 38.0 Å². The molecule has 3 N–H and O–H groups in total. The van der Waals surface area contributed by atoms with E-state index in [0.717, 1.165) is 86.7 Å². The van der Waals surface area contributed by atoms with Gasteiger partial charge in [0.2, 0.25) is 5.95 Å². The van der Waals surface area contributed by atoms with Crippen molar-refractivity contribution in [3.8, 4) is 5.75 Å². The van der Waals surface area contributed by atoms with E-state index < -0.39 is 23.1 Å². The maximum atomic E-state index is 13.8. The van der Waals surface area contributed by atoms with Gasteiger partial charge < -0.3 is 30.3 Å². The van der Waals surface area contributed by atoms with Gasteiger partial charge >= 0.3 is 0 Å². The van der Waals surface area contributed by atoms with Crippen LogP contribution in [0.5, 0.6) is 5.75 Å². The second-order valence-corrected chi connectivity index (χ2v) is 13.2. The van der Waals surface area contributed by atoms with Crippen LogP contribution in [0.2, 0.25) is 0 Å². The normalized spacial score (nSPS) is 15.3. The van der Waals surface area contributed by atoms with Crippen LogP contribution in [0.25, 0.3) is 17.0 Å². The average Bonchev–Trinajstić information content (AvgIpc) is 3.38. The third-order valence-electron chi connectivity index (χ3n) is 9.64. The van der Waals surface area contributed by atoms with E-state index in [9.17, 15) is 18.4 Å². The predicted molar refractivity (Wildman–Crippen MR) is 200 cm³/mol. The van der Waals surface area contributed by atoms with Crippen molar-refractivity contribution in [1.82, 2.24) is 30.0 Å². The van der Waals surface area contributed by atoms with E-state index in [4.69, 9.17) is 14.5 Å². The number of nitrogens with one attached hydrogen (secondary N) is 3. The minimum absolute atomic E-state index is 0.0125. The summed E-state index contributed by atoms with van der Waals surface area (Å²) in [5, 5.41) is 10.3. The Morgan fingerprint density at radius 2 is 1.83 bits per heavy atom. The molecule has 2 aliphatic rings. The van der Waals surface area contributed by atoms with Crippen LogP contribution in [0, 0.1) is 18.6 Å². The molecule has 0 unspecified atom stereocenters. The Labute approximate surface area is 305 Å². The molecule has 0 saturated carbocycles. The van der Waals surface area contributed by atoms with Gasteiger partial charge in [0, 0.05) is 55.3 Å². The number of carbonyl (C=O) groups is 1. The summed E-state index contributed by atoms with van der Waals surface area (Å²) >= 11 is 0. The molecule has 4 heterocycles. The zero-order chi connectivity index (χ0) is 36.9. The minimum atomic E-state index is -1.00. The minimum Gasteiger partial charge on any atom is -0.488 e. The molecule has 53 heavy (non-hydrogen) atoms. The monoisotopic (exact) mass is 724 g/mol. The van der Waals surface area contributed by atoms with Crippen molar-refractivity contribution in [3.05, 3.63) is 111 Å². The summed E-state index contributed by atoms with van der Waals surface area (Å²) in [6, 6.07) is 15.6. The lowest BCUT2D eigenvalue weighted by molar-refractivity contribution is 0.0956. The Balaban J connectivity index is 1.06. The van der Waals surface area contributed by atoms with E-state index in [0.29, 0.717) is 28.5 Å². The van der Waals surface area contributed by atoms with Gasteiger partial charge in [-0.3, -0.25) is 14.3 Å². The molecule has 14 heteroatoms. The van der Waals surface area contributed by atoms with Crippen molar-refractivity contribution >= 4 is 40.2 Å². The number of carbonyl (C=O) groups excluding carboxylic acids is 1. The number of benzene rings is 3. The molecular formula is C39H42F2N8O4. The van der Waals surface area contributed by atoms with E-state index in [1.165, 1.54) is 10.7 Å². The van der Waals surface area contributed by atoms with Crippen LogP contribution in [-0.4, -0.2) is 77.3 Å². The Hall–Kier alpha value is -5.60. The maximum absolute atomic E-state index is 13.8. The smallest absolute Gasteiger partial charge is 0.280 e. The number of aromatic nitrogens is 4. The van der Waals surface area contributed by atoms with Crippen molar-refractivity contribution in [2.75, 3.05) is 56.2 Å². The van der Waals surface area contributed by atoms with Crippen LogP contribution in [0.15, 0.2) is 71.7 Å². The Morgan fingerprint density at radius 3 is 2.58 bits per heavy atom. The van der Waals surface area contributed by atoms with Crippen LogP contribution in [0.4, 0.5) is 26.1 Å². The van der Waals surface area contributed by atoms with Gasteiger partial charge in [0.1, 0.15) is 22.9 Å². The summed E-state index contributed by atoms with van der Waals surface area (Å²) in [7, 11) is 1.64. The Kier molecular flexibility index (Phi) is 10.8. The number of hydrogen-bond acceptors (Lipinski definition) is 9. The highest BCUT2D eigenvalue weighted by atomic mass is 19.2. The third kappa shape index (κ3) is 8.23. The van der Waals surface area contributed by atoms with Gasteiger partial charge in [0.05, 0.1) is 19.8 Å². The van der Waals surface area contributed by atoms with Crippen molar-refractivity contribution in [2.24, 2.45) is 7.05 Å². The summed E-state index contributed by atoms with van der Waals surface area (Å²) in [5.74, 6) is -1.40. The molecular weight excluding hydrogens is 682 g/mol. The number of amides is 1. The zero-order valence-corrected chi connectivity index (χ0v) is 29.7. The average molecular weight is 725 g/mol. The van der Waals surface area contributed by atoms with Gasteiger partial charge in [-0.2, -0.15) is 0 Å². The van der Waals surface area contributed by atoms with Crippen LogP contribution >= 0.6 is 0 Å². The van der Waals surface area contributed by atoms with E-state index in [-0.39, 0.29) is 24.8 Å². The first-order valence-electron chi connectivity index (χ1n) is 17.8. The number of hydrogen-bond donors (Lipinski definition) is 3. The maximum Gasteiger partial charge on any atom is 0.280 e. The molecule has 0 bridgehead atoms. The number of nitrogens with zero attached hydrogens (tertiary/aromatic N) is 5. The van der Waals surface area contributed by atoms with Crippen molar-refractivity contribution < 1.29 is 23.0 Å². The van der Waals surface area contributed by atoms with E-state index >= 15 is 0 Å². The lowest BCUT2D eigenvalue weighted by Crippen LogP contribution is -2.36.